The fourth-order valence-corrected chi connectivity index (χ4v) is 3.54. The Balaban J connectivity index is 1.51. The predicted octanol–water partition coefficient (Wildman–Crippen LogP) is 1.73. The lowest BCUT2D eigenvalue weighted by Gasteiger charge is -2.29. The molecule has 2 aromatic rings. The van der Waals surface area contributed by atoms with Gasteiger partial charge in [0.2, 0.25) is 11.8 Å². The number of halogens is 2. The second kappa shape index (κ2) is 6.92. The number of aromatic amines is 1. The van der Waals surface area contributed by atoms with Gasteiger partial charge in [-0.05, 0) is 30.2 Å². The average molecular weight is 422 g/mol. The maximum Gasteiger partial charge on any atom is 0.291 e. The van der Waals surface area contributed by atoms with Gasteiger partial charge in [-0.1, -0.05) is 23.2 Å². The Morgan fingerprint density at radius 1 is 1.25 bits per heavy atom. The first-order chi connectivity index (χ1) is 13.3. The van der Waals surface area contributed by atoms with E-state index < -0.39 is 17.9 Å². The first-order valence-electron chi connectivity index (χ1n) is 8.33. The minimum Gasteiger partial charge on any atom is -0.324 e. The summed E-state index contributed by atoms with van der Waals surface area (Å²) >= 11 is 11.5. The van der Waals surface area contributed by atoms with Crippen LogP contribution in [0.2, 0.25) is 10.3 Å². The minimum atomic E-state index is -0.692. The van der Waals surface area contributed by atoms with Gasteiger partial charge in [0, 0.05) is 24.2 Å². The number of carbonyl (C=O) groups is 4. The quantitative estimate of drug-likeness (QED) is 0.650. The summed E-state index contributed by atoms with van der Waals surface area (Å²) in [5, 5.41) is 4.96. The summed E-state index contributed by atoms with van der Waals surface area (Å²) in [7, 11) is 0. The molecule has 0 spiro atoms. The molecule has 4 rings (SSSR count). The number of rotatable bonds is 3. The van der Waals surface area contributed by atoms with Crippen molar-refractivity contribution in [2.75, 3.05) is 5.32 Å². The lowest BCUT2D eigenvalue weighted by molar-refractivity contribution is -0.136. The predicted molar refractivity (Wildman–Crippen MR) is 99.0 cm³/mol. The topological polar surface area (TPSA) is 124 Å². The second-order valence-corrected chi connectivity index (χ2v) is 7.15. The van der Waals surface area contributed by atoms with Gasteiger partial charge in [-0.25, -0.2) is 4.98 Å². The first-order valence-corrected chi connectivity index (χ1v) is 9.09. The maximum atomic E-state index is 12.6. The number of amides is 4. The lowest BCUT2D eigenvalue weighted by atomic mass is 10.0. The molecule has 0 bridgehead atoms. The third kappa shape index (κ3) is 3.23. The highest BCUT2D eigenvalue weighted by Gasteiger charge is 2.39. The van der Waals surface area contributed by atoms with Crippen LogP contribution >= 0.6 is 23.2 Å². The van der Waals surface area contributed by atoms with Crippen molar-refractivity contribution >= 4 is 52.5 Å². The highest BCUT2D eigenvalue weighted by Crippen LogP contribution is 2.29. The van der Waals surface area contributed by atoms with Crippen molar-refractivity contribution in [1.82, 2.24) is 20.2 Å². The molecule has 11 heteroatoms. The van der Waals surface area contributed by atoms with Crippen LogP contribution in [0.15, 0.2) is 18.2 Å². The van der Waals surface area contributed by atoms with E-state index >= 15 is 0 Å². The molecular formula is C17H13Cl2N5O4. The number of imide groups is 1. The molecule has 1 aromatic carbocycles. The minimum absolute atomic E-state index is 0.00810. The van der Waals surface area contributed by atoms with Crippen molar-refractivity contribution in [2.24, 2.45) is 0 Å². The summed E-state index contributed by atoms with van der Waals surface area (Å²) in [6, 6.07) is 4.13. The van der Waals surface area contributed by atoms with Gasteiger partial charge in [0.25, 0.3) is 11.8 Å². The summed E-state index contributed by atoms with van der Waals surface area (Å²) < 4.78 is 0. The van der Waals surface area contributed by atoms with E-state index in [4.69, 9.17) is 23.2 Å². The molecule has 2 aliphatic heterocycles. The van der Waals surface area contributed by atoms with Crippen LogP contribution in [0.25, 0.3) is 0 Å². The Kier molecular flexibility index (Phi) is 4.56. The smallest absolute Gasteiger partial charge is 0.291 e. The molecule has 0 aliphatic carbocycles. The molecule has 1 atom stereocenters. The Bertz CT molecular complexity index is 1020. The number of piperidine rings is 1. The Hall–Kier alpha value is -2.91. The van der Waals surface area contributed by atoms with Crippen molar-refractivity contribution in [3.8, 4) is 0 Å². The van der Waals surface area contributed by atoms with Gasteiger partial charge >= 0.3 is 0 Å². The average Bonchev–Trinajstić information content (AvgIpc) is 3.15. The highest BCUT2D eigenvalue weighted by molar-refractivity contribution is 6.40. The molecule has 28 heavy (non-hydrogen) atoms. The summed E-state index contributed by atoms with van der Waals surface area (Å²) in [5.41, 5.74) is 1.57. The number of fused-ring (bicyclic) bond motifs is 1. The molecule has 3 heterocycles. The summed E-state index contributed by atoms with van der Waals surface area (Å²) in [4.78, 5) is 56.1. The van der Waals surface area contributed by atoms with Crippen LogP contribution in [0, 0.1) is 0 Å². The third-order valence-electron chi connectivity index (χ3n) is 4.62. The van der Waals surface area contributed by atoms with Gasteiger partial charge in [0.15, 0.2) is 11.0 Å². The molecular weight excluding hydrogens is 409 g/mol. The van der Waals surface area contributed by atoms with Crippen molar-refractivity contribution < 1.29 is 19.2 Å². The number of nitrogens with zero attached hydrogens (tertiary/aromatic N) is 2. The number of aromatic nitrogens is 2. The second-order valence-electron chi connectivity index (χ2n) is 6.42. The summed E-state index contributed by atoms with van der Waals surface area (Å²) in [5.74, 6) is -1.69. The molecule has 2 aliphatic rings. The van der Waals surface area contributed by atoms with E-state index in [1.165, 1.54) is 4.90 Å². The van der Waals surface area contributed by atoms with Crippen LogP contribution < -0.4 is 10.6 Å². The standard InChI is InChI=1S/C17H13Cl2N5O4/c18-12-13(19)23-14(22-12)16(27)20-8-1-2-9-7(5-8)6-24(17(9)28)10-3-4-11(25)21-15(10)26/h1-2,5,10H,3-4,6H2,(H,20,27)(H,22,23)(H,21,25,26). The number of benzene rings is 1. The summed E-state index contributed by atoms with van der Waals surface area (Å²) in [6.07, 6.45) is 0.472. The van der Waals surface area contributed by atoms with E-state index in [1.54, 1.807) is 18.2 Å². The summed E-state index contributed by atoms with van der Waals surface area (Å²) in [6.45, 7) is 0.211. The fourth-order valence-electron chi connectivity index (χ4n) is 3.28. The Labute approximate surface area is 168 Å². The van der Waals surface area contributed by atoms with Crippen molar-refractivity contribution in [3.05, 3.63) is 45.5 Å². The monoisotopic (exact) mass is 421 g/mol. The van der Waals surface area contributed by atoms with E-state index in [-0.39, 0.29) is 47.3 Å². The molecule has 9 nitrogen and oxygen atoms in total. The van der Waals surface area contributed by atoms with E-state index in [2.05, 4.69) is 20.6 Å². The highest BCUT2D eigenvalue weighted by atomic mass is 35.5. The van der Waals surface area contributed by atoms with Gasteiger partial charge in [-0.2, -0.15) is 0 Å². The number of carbonyl (C=O) groups excluding carboxylic acids is 4. The Morgan fingerprint density at radius 3 is 2.71 bits per heavy atom. The van der Waals surface area contributed by atoms with Crippen LogP contribution in [-0.4, -0.2) is 44.5 Å². The molecule has 1 saturated heterocycles. The van der Waals surface area contributed by atoms with Gasteiger partial charge < -0.3 is 15.2 Å². The number of nitrogens with one attached hydrogen (secondary N) is 3. The van der Waals surface area contributed by atoms with Gasteiger partial charge in [-0.3, -0.25) is 24.5 Å². The maximum absolute atomic E-state index is 12.6. The number of hydrogen-bond donors (Lipinski definition) is 3. The Morgan fingerprint density at radius 2 is 2.04 bits per heavy atom. The van der Waals surface area contributed by atoms with Crippen molar-refractivity contribution in [3.63, 3.8) is 0 Å². The number of hydrogen-bond acceptors (Lipinski definition) is 5. The molecule has 1 fully saturated rings. The molecule has 0 radical (unpaired) electrons. The van der Waals surface area contributed by atoms with E-state index in [1.807, 2.05) is 0 Å². The van der Waals surface area contributed by atoms with Gasteiger partial charge in [-0.15, -0.1) is 0 Å². The molecule has 3 N–H and O–H groups in total. The largest absolute Gasteiger partial charge is 0.324 e. The number of anilines is 1. The third-order valence-corrected chi connectivity index (χ3v) is 5.26. The van der Waals surface area contributed by atoms with Crippen LogP contribution in [0.1, 0.15) is 39.4 Å². The van der Waals surface area contributed by atoms with Crippen LogP contribution in [0.5, 0.6) is 0 Å². The van der Waals surface area contributed by atoms with Crippen molar-refractivity contribution in [2.45, 2.75) is 25.4 Å². The lowest BCUT2D eigenvalue weighted by Crippen LogP contribution is -2.52. The fraction of sp³-hybridized carbons (Fsp3) is 0.235. The number of H-pyrrole nitrogens is 1. The molecule has 1 unspecified atom stereocenters. The zero-order valence-electron chi connectivity index (χ0n) is 14.2. The molecule has 1 aromatic heterocycles. The SMILES string of the molecule is O=C1CCC(N2Cc3cc(NC(=O)c4nc(Cl)c(Cl)[nH]4)ccc3C2=O)C(=O)N1. The van der Waals surface area contributed by atoms with E-state index in [0.29, 0.717) is 16.8 Å². The van der Waals surface area contributed by atoms with Crippen LogP contribution in [0.3, 0.4) is 0 Å². The van der Waals surface area contributed by atoms with Crippen LogP contribution in [0.4, 0.5) is 5.69 Å². The van der Waals surface area contributed by atoms with E-state index in [9.17, 15) is 19.2 Å². The first kappa shape index (κ1) is 18.5. The zero-order chi connectivity index (χ0) is 20.0. The number of imidazole rings is 1. The zero-order valence-corrected chi connectivity index (χ0v) is 15.7. The normalized spacial score (nSPS) is 18.9. The van der Waals surface area contributed by atoms with Gasteiger partial charge in [0.05, 0.1) is 0 Å². The molecule has 4 amide bonds. The van der Waals surface area contributed by atoms with Crippen LogP contribution in [-0.2, 0) is 16.1 Å². The molecule has 0 saturated carbocycles. The van der Waals surface area contributed by atoms with Gasteiger partial charge in [0.1, 0.15) is 11.2 Å². The van der Waals surface area contributed by atoms with E-state index in [0.717, 1.165) is 0 Å². The van der Waals surface area contributed by atoms with Crippen molar-refractivity contribution in [1.29, 1.82) is 0 Å². The molecule has 144 valence electrons.